The Hall–Kier alpha value is -3.42. The summed E-state index contributed by atoms with van der Waals surface area (Å²) in [6.07, 6.45) is 3.62. The lowest BCUT2D eigenvalue weighted by Gasteiger charge is -2.09. The molecule has 0 saturated heterocycles. The molecular formula is C16H16N8. The number of hydrogen-bond acceptors (Lipinski definition) is 6. The molecule has 0 fully saturated rings. The number of aromatic nitrogens is 6. The molecule has 0 bridgehead atoms. The molecule has 0 spiro atoms. The maximum absolute atomic E-state index is 5.86. The molecule has 4 N–H and O–H groups in total. The zero-order chi connectivity index (χ0) is 16.5. The van der Waals surface area contributed by atoms with Crippen LogP contribution >= 0.6 is 0 Å². The molecule has 3 heterocycles. The van der Waals surface area contributed by atoms with Crippen LogP contribution in [0.3, 0.4) is 0 Å². The van der Waals surface area contributed by atoms with Crippen molar-refractivity contribution in [3.8, 4) is 11.3 Å². The maximum Gasteiger partial charge on any atom is 0.222 e. The van der Waals surface area contributed by atoms with Crippen molar-refractivity contribution >= 4 is 22.7 Å². The topological polar surface area (TPSA) is 110 Å². The minimum atomic E-state index is 0.229. The van der Waals surface area contributed by atoms with E-state index >= 15 is 0 Å². The molecule has 0 aliphatic rings. The number of nitrogen functional groups attached to an aromatic ring is 1. The van der Waals surface area contributed by atoms with Crippen LogP contribution in [0.25, 0.3) is 22.2 Å². The van der Waals surface area contributed by atoms with Gasteiger partial charge in [-0.15, -0.1) is 0 Å². The summed E-state index contributed by atoms with van der Waals surface area (Å²) in [4.78, 5) is 8.66. The normalized spacial score (nSPS) is 11.0. The molecule has 0 atom stereocenters. The van der Waals surface area contributed by atoms with E-state index in [0.29, 0.717) is 12.4 Å². The summed E-state index contributed by atoms with van der Waals surface area (Å²) in [5, 5.41) is 15.5. The van der Waals surface area contributed by atoms with Crippen molar-refractivity contribution in [2.45, 2.75) is 6.54 Å². The Balaban J connectivity index is 1.70. The highest BCUT2D eigenvalue weighted by molar-refractivity contribution is 5.92. The highest BCUT2D eigenvalue weighted by Gasteiger charge is 2.09. The smallest absolute Gasteiger partial charge is 0.222 e. The van der Waals surface area contributed by atoms with E-state index in [1.165, 1.54) is 0 Å². The molecule has 0 unspecified atom stereocenters. The molecule has 0 aliphatic heterocycles. The monoisotopic (exact) mass is 320 g/mol. The fourth-order valence-electron chi connectivity index (χ4n) is 2.60. The third-order valence-electron chi connectivity index (χ3n) is 3.73. The number of H-pyrrole nitrogens is 1. The molecule has 1 aromatic carbocycles. The van der Waals surface area contributed by atoms with Crippen LogP contribution < -0.4 is 11.1 Å². The van der Waals surface area contributed by atoms with Gasteiger partial charge >= 0.3 is 0 Å². The summed E-state index contributed by atoms with van der Waals surface area (Å²) >= 11 is 0. The summed E-state index contributed by atoms with van der Waals surface area (Å²) in [5.74, 6) is 0.923. The van der Waals surface area contributed by atoms with Crippen LogP contribution in [0.5, 0.6) is 0 Å². The summed E-state index contributed by atoms with van der Waals surface area (Å²) in [6.45, 7) is 0.564. The number of anilines is 2. The lowest BCUT2D eigenvalue weighted by molar-refractivity contribution is 0.747. The number of aromatic amines is 1. The molecule has 0 aliphatic carbocycles. The summed E-state index contributed by atoms with van der Waals surface area (Å²) < 4.78 is 1.76. The average Bonchev–Trinajstić information content (AvgIpc) is 3.23. The molecule has 0 amide bonds. The van der Waals surface area contributed by atoms with Crippen LogP contribution in [-0.2, 0) is 13.6 Å². The zero-order valence-corrected chi connectivity index (χ0v) is 13.1. The molecular weight excluding hydrogens is 304 g/mol. The van der Waals surface area contributed by atoms with Gasteiger partial charge in [0.15, 0.2) is 0 Å². The first-order valence-electron chi connectivity index (χ1n) is 7.48. The Bertz CT molecular complexity index is 987. The van der Waals surface area contributed by atoms with Crippen LogP contribution in [-0.4, -0.2) is 29.9 Å². The van der Waals surface area contributed by atoms with Gasteiger partial charge in [0.25, 0.3) is 0 Å². The standard InChI is InChI=1S/C16H16N8/c1-24-7-5-11(23-24)9-18-15-12-3-2-10(13-4-6-19-22-13)8-14(12)20-16(17)21-15/h2-8H,9H2,1H3,(H,19,22)(H3,17,18,20,21). The van der Waals surface area contributed by atoms with Crippen LogP contribution in [0.1, 0.15) is 5.69 Å². The van der Waals surface area contributed by atoms with Crippen LogP contribution in [0.2, 0.25) is 0 Å². The maximum atomic E-state index is 5.86. The number of hydrogen-bond donors (Lipinski definition) is 3. The predicted octanol–water partition coefficient (Wildman–Crippen LogP) is 1.95. The number of nitrogens with zero attached hydrogens (tertiary/aromatic N) is 5. The first-order chi connectivity index (χ1) is 11.7. The van der Waals surface area contributed by atoms with Crippen molar-refractivity contribution < 1.29 is 0 Å². The van der Waals surface area contributed by atoms with Gasteiger partial charge in [-0.3, -0.25) is 9.78 Å². The van der Waals surface area contributed by atoms with Gasteiger partial charge in [0.05, 0.1) is 23.4 Å². The second-order valence-electron chi connectivity index (χ2n) is 5.47. The molecule has 3 aromatic heterocycles. The number of nitrogens with one attached hydrogen (secondary N) is 2. The van der Waals surface area contributed by atoms with Gasteiger partial charge in [-0.1, -0.05) is 6.07 Å². The third kappa shape index (κ3) is 2.65. The second-order valence-corrected chi connectivity index (χ2v) is 5.47. The first-order valence-corrected chi connectivity index (χ1v) is 7.48. The minimum Gasteiger partial charge on any atom is -0.368 e. The lowest BCUT2D eigenvalue weighted by atomic mass is 10.1. The molecule has 4 rings (SSSR count). The van der Waals surface area contributed by atoms with Gasteiger partial charge in [0.2, 0.25) is 5.95 Å². The van der Waals surface area contributed by atoms with Crippen LogP contribution in [0.4, 0.5) is 11.8 Å². The molecule has 8 nitrogen and oxygen atoms in total. The van der Waals surface area contributed by atoms with E-state index in [1.807, 2.05) is 43.6 Å². The summed E-state index contributed by atoms with van der Waals surface area (Å²) in [5.41, 5.74) is 9.49. The van der Waals surface area contributed by atoms with Crippen molar-refractivity contribution in [2.24, 2.45) is 7.05 Å². The number of aryl methyl sites for hydroxylation is 1. The first kappa shape index (κ1) is 14.2. The summed E-state index contributed by atoms with van der Waals surface area (Å²) in [6, 6.07) is 9.81. The van der Waals surface area contributed by atoms with Crippen molar-refractivity contribution in [3.05, 3.63) is 48.4 Å². The average molecular weight is 320 g/mol. The van der Waals surface area contributed by atoms with Gasteiger partial charge in [0.1, 0.15) is 5.82 Å². The Labute approximate surface area is 137 Å². The Morgan fingerprint density at radius 1 is 1.21 bits per heavy atom. The van der Waals surface area contributed by atoms with Gasteiger partial charge in [-0.05, 0) is 24.3 Å². The number of rotatable bonds is 4. The molecule has 120 valence electrons. The fraction of sp³-hybridized carbons (Fsp3) is 0.125. The number of benzene rings is 1. The Morgan fingerprint density at radius 3 is 2.88 bits per heavy atom. The second kappa shape index (κ2) is 5.65. The van der Waals surface area contributed by atoms with Crippen molar-refractivity contribution in [3.63, 3.8) is 0 Å². The molecule has 0 saturated carbocycles. The zero-order valence-electron chi connectivity index (χ0n) is 13.1. The van der Waals surface area contributed by atoms with E-state index in [2.05, 4.69) is 30.6 Å². The van der Waals surface area contributed by atoms with E-state index in [-0.39, 0.29) is 5.95 Å². The van der Waals surface area contributed by atoms with Crippen molar-refractivity contribution in [1.29, 1.82) is 0 Å². The third-order valence-corrected chi connectivity index (χ3v) is 3.73. The quantitative estimate of drug-likeness (QED) is 0.530. The van der Waals surface area contributed by atoms with E-state index in [0.717, 1.165) is 27.9 Å². The Morgan fingerprint density at radius 2 is 2.12 bits per heavy atom. The highest BCUT2D eigenvalue weighted by Crippen LogP contribution is 2.26. The molecule has 0 radical (unpaired) electrons. The number of fused-ring (bicyclic) bond motifs is 1. The largest absolute Gasteiger partial charge is 0.368 e. The SMILES string of the molecule is Cn1ccc(CNc2nc(N)nc3cc(-c4ccn[nH]4)ccc23)n1. The van der Waals surface area contributed by atoms with E-state index < -0.39 is 0 Å². The van der Waals surface area contributed by atoms with Gasteiger partial charge in [0, 0.05) is 30.4 Å². The fourth-order valence-corrected chi connectivity index (χ4v) is 2.60. The molecule has 4 aromatic rings. The van der Waals surface area contributed by atoms with Crippen LogP contribution in [0.15, 0.2) is 42.7 Å². The van der Waals surface area contributed by atoms with E-state index in [9.17, 15) is 0 Å². The van der Waals surface area contributed by atoms with Gasteiger partial charge in [-0.2, -0.15) is 15.2 Å². The summed E-state index contributed by atoms with van der Waals surface area (Å²) in [7, 11) is 1.89. The highest BCUT2D eigenvalue weighted by atomic mass is 15.3. The Kier molecular flexibility index (Phi) is 3.34. The lowest BCUT2D eigenvalue weighted by Crippen LogP contribution is -2.06. The van der Waals surface area contributed by atoms with Gasteiger partial charge < -0.3 is 11.1 Å². The van der Waals surface area contributed by atoms with Gasteiger partial charge in [-0.25, -0.2) is 4.98 Å². The number of nitrogens with two attached hydrogens (primary N) is 1. The molecule has 8 heteroatoms. The van der Waals surface area contributed by atoms with Crippen molar-refractivity contribution in [1.82, 2.24) is 29.9 Å². The van der Waals surface area contributed by atoms with Crippen LogP contribution in [0, 0.1) is 0 Å². The molecule has 24 heavy (non-hydrogen) atoms. The van der Waals surface area contributed by atoms with E-state index in [1.54, 1.807) is 10.9 Å². The minimum absolute atomic E-state index is 0.229. The van der Waals surface area contributed by atoms with Crippen molar-refractivity contribution in [2.75, 3.05) is 11.1 Å². The van der Waals surface area contributed by atoms with E-state index in [4.69, 9.17) is 5.73 Å². The predicted molar refractivity (Wildman–Crippen MR) is 92.1 cm³/mol.